The van der Waals surface area contributed by atoms with Gasteiger partial charge in [0.15, 0.2) is 0 Å². The van der Waals surface area contributed by atoms with E-state index in [0.29, 0.717) is 0 Å². The van der Waals surface area contributed by atoms with Gasteiger partial charge in [-0.1, -0.05) is 64.3 Å². The van der Waals surface area contributed by atoms with E-state index in [1.54, 1.807) is 0 Å². The summed E-state index contributed by atoms with van der Waals surface area (Å²) in [5, 5.41) is 0. The molecule has 0 fully saturated rings. The van der Waals surface area contributed by atoms with Crippen molar-refractivity contribution in [3.8, 4) is 0 Å². The summed E-state index contributed by atoms with van der Waals surface area (Å²) in [7, 11) is 0. The van der Waals surface area contributed by atoms with E-state index in [4.69, 9.17) is 0 Å². The van der Waals surface area contributed by atoms with E-state index in [1.165, 1.54) is 36.8 Å². The highest BCUT2D eigenvalue weighted by Gasteiger charge is 2.05. The van der Waals surface area contributed by atoms with E-state index < -0.39 is 0 Å². The minimum absolute atomic E-state index is 0.877. The Morgan fingerprint density at radius 1 is 0.933 bits per heavy atom. The van der Waals surface area contributed by atoms with Crippen molar-refractivity contribution in [1.82, 2.24) is 0 Å². The standard InChI is InChI=1S/C15H24/c1-4-7-14(6-3)12-15-10-8-13(5-2)9-11-15/h8-11,14H,4-7,12H2,1-3H3. The molecule has 1 aromatic carbocycles. The van der Waals surface area contributed by atoms with Crippen molar-refractivity contribution in [3.05, 3.63) is 35.4 Å². The summed E-state index contributed by atoms with van der Waals surface area (Å²) in [5.74, 6) is 0.877. The molecule has 15 heavy (non-hydrogen) atoms. The number of rotatable bonds is 6. The van der Waals surface area contributed by atoms with Gasteiger partial charge in [0.05, 0.1) is 0 Å². The zero-order valence-electron chi connectivity index (χ0n) is 10.4. The quantitative estimate of drug-likeness (QED) is 0.634. The largest absolute Gasteiger partial charge is 0.0654 e. The highest BCUT2D eigenvalue weighted by atomic mass is 14.1. The van der Waals surface area contributed by atoms with Gasteiger partial charge in [0, 0.05) is 0 Å². The summed E-state index contributed by atoms with van der Waals surface area (Å²) >= 11 is 0. The molecule has 0 bridgehead atoms. The molecule has 1 atom stereocenters. The van der Waals surface area contributed by atoms with Crippen molar-refractivity contribution in [2.75, 3.05) is 0 Å². The maximum absolute atomic E-state index is 2.31. The lowest BCUT2D eigenvalue weighted by atomic mass is 9.92. The van der Waals surface area contributed by atoms with E-state index in [0.717, 1.165) is 12.3 Å². The zero-order chi connectivity index (χ0) is 11.1. The van der Waals surface area contributed by atoms with E-state index in [2.05, 4.69) is 45.0 Å². The molecule has 1 unspecified atom stereocenters. The number of aryl methyl sites for hydroxylation is 1. The maximum atomic E-state index is 2.31. The van der Waals surface area contributed by atoms with Gasteiger partial charge < -0.3 is 0 Å². The zero-order valence-corrected chi connectivity index (χ0v) is 10.4. The van der Waals surface area contributed by atoms with Crippen LogP contribution in [0.1, 0.15) is 51.2 Å². The molecule has 0 radical (unpaired) electrons. The first kappa shape index (κ1) is 12.3. The van der Waals surface area contributed by atoms with Crippen molar-refractivity contribution >= 4 is 0 Å². The van der Waals surface area contributed by atoms with Gasteiger partial charge in [-0.05, 0) is 29.9 Å². The Bertz CT molecular complexity index is 258. The first-order valence-electron chi connectivity index (χ1n) is 6.37. The predicted octanol–water partition coefficient (Wildman–Crippen LogP) is 4.62. The summed E-state index contributed by atoms with van der Waals surface area (Å²) in [6.07, 6.45) is 6.39. The maximum Gasteiger partial charge on any atom is -0.0250 e. The highest BCUT2D eigenvalue weighted by molar-refractivity contribution is 5.22. The van der Waals surface area contributed by atoms with Crippen LogP contribution in [0, 0.1) is 5.92 Å². The van der Waals surface area contributed by atoms with Gasteiger partial charge in [-0.25, -0.2) is 0 Å². The van der Waals surface area contributed by atoms with Crippen molar-refractivity contribution in [2.24, 2.45) is 5.92 Å². The monoisotopic (exact) mass is 204 g/mol. The molecule has 0 N–H and O–H groups in total. The van der Waals surface area contributed by atoms with Crippen LogP contribution in [0.2, 0.25) is 0 Å². The normalized spacial score (nSPS) is 12.7. The summed E-state index contributed by atoms with van der Waals surface area (Å²) in [6, 6.07) is 9.15. The minimum Gasteiger partial charge on any atom is -0.0654 e. The number of hydrogen-bond acceptors (Lipinski definition) is 0. The van der Waals surface area contributed by atoms with Crippen molar-refractivity contribution in [2.45, 2.75) is 52.9 Å². The van der Waals surface area contributed by atoms with Crippen molar-refractivity contribution in [1.29, 1.82) is 0 Å². The molecule has 0 aliphatic heterocycles. The van der Waals surface area contributed by atoms with Gasteiger partial charge in [-0.3, -0.25) is 0 Å². The second-order valence-electron chi connectivity index (χ2n) is 4.44. The van der Waals surface area contributed by atoms with Crippen LogP contribution in [0.4, 0.5) is 0 Å². The Morgan fingerprint density at radius 2 is 1.53 bits per heavy atom. The lowest BCUT2D eigenvalue weighted by Gasteiger charge is -2.13. The second-order valence-corrected chi connectivity index (χ2v) is 4.44. The Balaban J connectivity index is 2.55. The summed E-state index contributed by atoms with van der Waals surface area (Å²) in [5.41, 5.74) is 2.95. The SMILES string of the molecule is CCCC(CC)Cc1ccc(CC)cc1. The molecule has 0 amide bonds. The fourth-order valence-corrected chi connectivity index (χ4v) is 2.10. The third kappa shape index (κ3) is 4.07. The average Bonchev–Trinajstić information content (AvgIpc) is 2.29. The van der Waals surface area contributed by atoms with Crippen LogP contribution >= 0.6 is 0 Å². The van der Waals surface area contributed by atoms with Crippen LogP contribution in [0.25, 0.3) is 0 Å². The van der Waals surface area contributed by atoms with Crippen molar-refractivity contribution in [3.63, 3.8) is 0 Å². The van der Waals surface area contributed by atoms with E-state index >= 15 is 0 Å². The summed E-state index contributed by atoms with van der Waals surface area (Å²) in [4.78, 5) is 0. The summed E-state index contributed by atoms with van der Waals surface area (Å²) < 4.78 is 0. The molecule has 0 spiro atoms. The first-order chi connectivity index (χ1) is 7.30. The minimum atomic E-state index is 0.877. The highest BCUT2D eigenvalue weighted by Crippen LogP contribution is 2.17. The van der Waals surface area contributed by atoms with Crippen LogP contribution in [0.3, 0.4) is 0 Å². The molecule has 0 heteroatoms. The molecule has 0 saturated carbocycles. The third-order valence-electron chi connectivity index (χ3n) is 3.23. The lowest BCUT2D eigenvalue weighted by Crippen LogP contribution is -2.02. The molecule has 1 rings (SSSR count). The van der Waals surface area contributed by atoms with Gasteiger partial charge in [0.1, 0.15) is 0 Å². The molecule has 1 aromatic rings. The van der Waals surface area contributed by atoms with E-state index in [9.17, 15) is 0 Å². The molecule has 0 nitrogen and oxygen atoms in total. The molecular formula is C15H24. The van der Waals surface area contributed by atoms with Crippen LogP contribution in [-0.2, 0) is 12.8 Å². The fraction of sp³-hybridized carbons (Fsp3) is 0.600. The molecular weight excluding hydrogens is 180 g/mol. The Labute approximate surface area is 94.7 Å². The Kier molecular flexibility index (Phi) is 5.45. The topological polar surface area (TPSA) is 0 Å². The van der Waals surface area contributed by atoms with Gasteiger partial charge >= 0.3 is 0 Å². The fourth-order valence-electron chi connectivity index (χ4n) is 2.10. The Morgan fingerprint density at radius 3 is 2.00 bits per heavy atom. The molecule has 0 heterocycles. The predicted molar refractivity (Wildman–Crippen MR) is 68.2 cm³/mol. The lowest BCUT2D eigenvalue weighted by molar-refractivity contribution is 0.462. The third-order valence-corrected chi connectivity index (χ3v) is 3.23. The van der Waals surface area contributed by atoms with Crippen LogP contribution in [0.15, 0.2) is 24.3 Å². The van der Waals surface area contributed by atoms with Gasteiger partial charge in [-0.15, -0.1) is 0 Å². The van der Waals surface area contributed by atoms with E-state index in [-0.39, 0.29) is 0 Å². The average molecular weight is 204 g/mol. The second kappa shape index (κ2) is 6.66. The number of benzene rings is 1. The van der Waals surface area contributed by atoms with E-state index in [1.807, 2.05) is 0 Å². The van der Waals surface area contributed by atoms with Crippen LogP contribution in [0.5, 0.6) is 0 Å². The molecule has 0 aromatic heterocycles. The Hall–Kier alpha value is -0.780. The smallest absolute Gasteiger partial charge is 0.0250 e. The molecule has 0 aliphatic rings. The van der Waals surface area contributed by atoms with Gasteiger partial charge in [0.2, 0.25) is 0 Å². The summed E-state index contributed by atoms with van der Waals surface area (Å²) in [6.45, 7) is 6.80. The molecule has 84 valence electrons. The molecule has 0 saturated heterocycles. The number of hydrogen-bond donors (Lipinski definition) is 0. The van der Waals surface area contributed by atoms with Gasteiger partial charge in [0.25, 0.3) is 0 Å². The first-order valence-corrected chi connectivity index (χ1v) is 6.37. The van der Waals surface area contributed by atoms with Crippen LogP contribution < -0.4 is 0 Å². The van der Waals surface area contributed by atoms with Crippen LogP contribution in [-0.4, -0.2) is 0 Å². The van der Waals surface area contributed by atoms with Gasteiger partial charge in [-0.2, -0.15) is 0 Å². The van der Waals surface area contributed by atoms with Crippen molar-refractivity contribution < 1.29 is 0 Å². The molecule has 0 aliphatic carbocycles.